The van der Waals surface area contributed by atoms with Gasteiger partial charge in [-0.1, -0.05) is 43.3 Å². The van der Waals surface area contributed by atoms with Gasteiger partial charge in [-0.05, 0) is 36.7 Å². The first-order valence-corrected chi connectivity index (χ1v) is 11.6. The SMILES string of the molecule is CCN(CCc1ccccc1)CC(=O)N1CCN(S(=O)(=O)c2cccc(F)c2)CC1. The van der Waals surface area contributed by atoms with Gasteiger partial charge in [-0.25, -0.2) is 12.8 Å². The number of hydrogen-bond acceptors (Lipinski definition) is 4. The Morgan fingerprint density at radius 3 is 2.37 bits per heavy atom. The number of sulfonamides is 1. The second kappa shape index (κ2) is 10.1. The van der Waals surface area contributed by atoms with Crippen molar-refractivity contribution in [2.75, 3.05) is 45.8 Å². The largest absolute Gasteiger partial charge is 0.339 e. The van der Waals surface area contributed by atoms with E-state index in [0.717, 1.165) is 25.6 Å². The van der Waals surface area contributed by atoms with Gasteiger partial charge in [0.2, 0.25) is 15.9 Å². The summed E-state index contributed by atoms with van der Waals surface area (Å²) in [6, 6.07) is 15.2. The van der Waals surface area contributed by atoms with Crippen molar-refractivity contribution in [3.05, 3.63) is 66.0 Å². The summed E-state index contributed by atoms with van der Waals surface area (Å²) in [6.07, 6.45) is 0.877. The molecule has 0 unspecified atom stereocenters. The molecule has 6 nitrogen and oxygen atoms in total. The smallest absolute Gasteiger partial charge is 0.243 e. The Bertz CT molecular complexity index is 945. The maximum absolute atomic E-state index is 13.4. The number of hydrogen-bond donors (Lipinski definition) is 0. The van der Waals surface area contributed by atoms with Gasteiger partial charge >= 0.3 is 0 Å². The third-order valence-corrected chi connectivity index (χ3v) is 7.29. The molecule has 1 aliphatic rings. The van der Waals surface area contributed by atoms with Crippen molar-refractivity contribution >= 4 is 15.9 Å². The quantitative estimate of drug-likeness (QED) is 0.641. The van der Waals surface area contributed by atoms with E-state index in [0.29, 0.717) is 19.6 Å². The number of rotatable bonds is 8. The lowest BCUT2D eigenvalue weighted by Crippen LogP contribution is -2.52. The molecule has 8 heteroatoms. The molecule has 0 N–H and O–H groups in total. The van der Waals surface area contributed by atoms with Gasteiger partial charge in [-0.3, -0.25) is 9.69 Å². The number of carbonyl (C=O) groups is 1. The van der Waals surface area contributed by atoms with E-state index in [4.69, 9.17) is 0 Å². The zero-order valence-electron chi connectivity index (χ0n) is 17.2. The Morgan fingerprint density at radius 2 is 1.73 bits per heavy atom. The molecule has 0 radical (unpaired) electrons. The Hall–Kier alpha value is -2.29. The summed E-state index contributed by atoms with van der Waals surface area (Å²) < 4.78 is 40.2. The molecule has 1 saturated heterocycles. The molecular formula is C22H28FN3O3S. The Labute approximate surface area is 177 Å². The monoisotopic (exact) mass is 433 g/mol. The van der Waals surface area contributed by atoms with E-state index in [2.05, 4.69) is 17.0 Å². The molecule has 0 aromatic heterocycles. The molecule has 0 saturated carbocycles. The highest BCUT2D eigenvalue weighted by Gasteiger charge is 2.30. The van der Waals surface area contributed by atoms with Crippen LogP contribution in [0.2, 0.25) is 0 Å². The second-order valence-electron chi connectivity index (χ2n) is 7.35. The van der Waals surface area contributed by atoms with Crippen LogP contribution in [0.1, 0.15) is 12.5 Å². The minimum Gasteiger partial charge on any atom is -0.339 e. The van der Waals surface area contributed by atoms with Crippen molar-refractivity contribution in [1.29, 1.82) is 0 Å². The first kappa shape index (κ1) is 22.4. The minimum atomic E-state index is -3.76. The Balaban J connectivity index is 1.52. The molecule has 0 bridgehead atoms. The molecule has 1 fully saturated rings. The van der Waals surface area contributed by atoms with Crippen LogP contribution in [0, 0.1) is 5.82 Å². The van der Waals surface area contributed by atoms with Crippen molar-refractivity contribution in [2.24, 2.45) is 0 Å². The summed E-state index contributed by atoms with van der Waals surface area (Å²) in [7, 11) is -3.76. The topological polar surface area (TPSA) is 60.9 Å². The van der Waals surface area contributed by atoms with Crippen LogP contribution in [0.25, 0.3) is 0 Å². The first-order chi connectivity index (χ1) is 14.4. The molecule has 1 aliphatic heterocycles. The van der Waals surface area contributed by atoms with Gasteiger partial charge in [0.1, 0.15) is 5.82 Å². The average Bonchev–Trinajstić information content (AvgIpc) is 2.77. The average molecular weight is 434 g/mol. The first-order valence-electron chi connectivity index (χ1n) is 10.2. The van der Waals surface area contributed by atoms with E-state index >= 15 is 0 Å². The number of halogens is 1. The summed E-state index contributed by atoms with van der Waals surface area (Å²) in [5.41, 5.74) is 1.24. The van der Waals surface area contributed by atoms with Crippen LogP contribution in [-0.4, -0.2) is 74.2 Å². The zero-order valence-corrected chi connectivity index (χ0v) is 18.0. The number of piperazine rings is 1. The highest BCUT2D eigenvalue weighted by Crippen LogP contribution is 2.18. The molecule has 2 aromatic rings. The Kier molecular flexibility index (Phi) is 7.58. The van der Waals surface area contributed by atoms with E-state index in [1.54, 1.807) is 4.90 Å². The van der Waals surface area contributed by atoms with Crippen LogP contribution in [0.5, 0.6) is 0 Å². The Morgan fingerprint density at radius 1 is 1.03 bits per heavy atom. The molecule has 2 aromatic carbocycles. The summed E-state index contributed by atoms with van der Waals surface area (Å²) in [5.74, 6) is -0.576. The molecular weight excluding hydrogens is 405 g/mol. The van der Waals surface area contributed by atoms with Crippen LogP contribution >= 0.6 is 0 Å². The third kappa shape index (κ3) is 5.65. The highest BCUT2D eigenvalue weighted by molar-refractivity contribution is 7.89. The van der Waals surface area contributed by atoms with Gasteiger partial charge in [0, 0.05) is 32.7 Å². The third-order valence-electron chi connectivity index (χ3n) is 5.39. The number of amides is 1. The molecule has 30 heavy (non-hydrogen) atoms. The standard InChI is InChI=1S/C22H28FN3O3S/c1-2-24(12-11-19-7-4-3-5-8-19)18-22(27)25-13-15-26(16-14-25)30(28,29)21-10-6-9-20(23)17-21/h3-10,17H,2,11-16,18H2,1H3. The fourth-order valence-electron chi connectivity index (χ4n) is 3.53. The highest BCUT2D eigenvalue weighted by atomic mass is 32.2. The number of benzene rings is 2. The fourth-order valence-corrected chi connectivity index (χ4v) is 4.98. The lowest BCUT2D eigenvalue weighted by atomic mass is 10.1. The minimum absolute atomic E-state index is 0.00714. The van der Waals surface area contributed by atoms with Gasteiger partial charge in [-0.15, -0.1) is 0 Å². The van der Waals surface area contributed by atoms with Gasteiger partial charge in [0.05, 0.1) is 11.4 Å². The van der Waals surface area contributed by atoms with Crippen molar-refractivity contribution in [2.45, 2.75) is 18.2 Å². The molecule has 1 amide bonds. The van der Waals surface area contributed by atoms with Crippen LogP contribution in [0.15, 0.2) is 59.5 Å². The normalized spacial score (nSPS) is 15.5. The van der Waals surface area contributed by atoms with Crippen LogP contribution in [0.4, 0.5) is 4.39 Å². The lowest BCUT2D eigenvalue weighted by molar-refractivity contribution is -0.133. The zero-order chi connectivity index (χ0) is 21.6. The van der Waals surface area contributed by atoms with E-state index < -0.39 is 15.8 Å². The van der Waals surface area contributed by atoms with Gasteiger partial charge in [0.25, 0.3) is 0 Å². The van der Waals surface area contributed by atoms with Gasteiger partial charge < -0.3 is 4.90 Å². The van der Waals surface area contributed by atoms with E-state index in [-0.39, 0.29) is 23.9 Å². The van der Waals surface area contributed by atoms with Crippen molar-refractivity contribution in [3.8, 4) is 0 Å². The maximum atomic E-state index is 13.4. The second-order valence-corrected chi connectivity index (χ2v) is 9.28. The van der Waals surface area contributed by atoms with Gasteiger partial charge in [-0.2, -0.15) is 4.31 Å². The van der Waals surface area contributed by atoms with Crippen molar-refractivity contribution in [1.82, 2.24) is 14.1 Å². The van der Waals surface area contributed by atoms with E-state index in [1.807, 2.05) is 25.1 Å². The molecule has 3 rings (SSSR count). The molecule has 162 valence electrons. The van der Waals surface area contributed by atoms with Crippen molar-refractivity contribution in [3.63, 3.8) is 0 Å². The summed E-state index contributed by atoms with van der Waals surface area (Å²) in [4.78, 5) is 16.5. The lowest BCUT2D eigenvalue weighted by Gasteiger charge is -2.35. The molecule has 0 spiro atoms. The maximum Gasteiger partial charge on any atom is 0.243 e. The summed E-state index contributed by atoms with van der Waals surface area (Å²) >= 11 is 0. The van der Waals surface area contributed by atoms with E-state index in [9.17, 15) is 17.6 Å². The van der Waals surface area contributed by atoms with Crippen LogP contribution in [-0.2, 0) is 21.2 Å². The summed E-state index contributed by atoms with van der Waals surface area (Å²) in [5, 5.41) is 0. The predicted octanol–water partition coefficient (Wildman–Crippen LogP) is 2.22. The van der Waals surface area contributed by atoms with E-state index in [1.165, 1.54) is 28.1 Å². The molecule has 1 heterocycles. The summed E-state index contributed by atoms with van der Waals surface area (Å²) in [6.45, 7) is 5.00. The molecule has 0 atom stereocenters. The number of likely N-dealkylation sites (N-methyl/N-ethyl adjacent to an activating group) is 1. The van der Waals surface area contributed by atoms with Crippen molar-refractivity contribution < 1.29 is 17.6 Å². The predicted molar refractivity (Wildman–Crippen MR) is 114 cm³/mol. The molecule has 0 aliphatic carbocycles. The van der Waals surface area contributed by atoms with Crippen LogP contribution in [0.3, 0.4) is 0 Å². The fraction of sp³-hybridized carbons (Fsp3) is 0.409. The number of nitrogens with zero attached hydrogens (tertiary/aromatic N) is 3. The van der Waals surface area contributed by atoms with Gasteiger partial charge in [0.15, 0.2) is 0 Å². The van der Waals surface area contributed by atoms with Crippen LogP contribution < -0.4 is 0 Å². The number of carbonyl (C=O) groups excluding carboxylic acids is 1.